The molecule has 7 rings (SSSR count). The Morgan fingerprint density at radius 1 is 0.348 bits per heavy atom. The molecule has 5 aromatic carbocycles. The Labute approximate surface area is 275 Å². The second-order valence-corrected chi connectivity index (χ2v) is 13.0. The van der Waals surface area contributed by atoms with Crippen molar-refractivity contribution in [2.45, 2.75) is 0 Å². The molecule has 0 saturated heterocycles. The van der Waals surface area contributed by atoms with Gasteiger partial charge in [-0.25, -0.2) is 0 Å². The Kier molecular flexibility index (Phi) is 8.51. The van der Waals surface area contributed by atoms with E-state index in [0.29, 0.717) is 11.8 Å². The monoisotopic (exact) mass is 630 g/mol. The van der Waals surface area contributed by atoms with Gasteiger partial charge in [-0.05, 0) is 22.3 Å². The van der Waals surface area contributed by atoms with Gasteiger partial charge < -0.3 is 0 Å². The topological polar surface area (TPSA) is 51.2 Å². The predicted molar refractivity (Wildman–Crippen MR) is 195 cm³/mol. The SMILES string of the molecule is O=c1c(=O)/c(=C\[C]2C=C(c3ccccc3)SC(c3ccccc3)=C2)c(=O)/c1=C/[C]1C=C(c2ccccc2)SC(c2ccccc2)=C1. The van der Waals surface area contributed by atoms with Crippen molar-refractivity contribution >= 4 is 55.3 Å². The van der Waals surface area contributed by atoms with Gasteiger partial charge in [0.05, 0.1) is 10.4 Å². The van der Waals surface area contributed by atoms with E-state index in [1.165, 1.54) is 0 Å². The third kappa shape index (κ3) is 6.25. The largest absolute Gasteiger partial charge is 0.288 e. The zero-order chi connectivity index (χ0) is 31.5. The zero-order valence-electron chi connectivity index (χ0n) is 24.6. The van der Waals surface area contributed by atoms with Crippen LogP contribution in [0.1, 0.15) is 22.3 Å². The van der Waals surface area contributed by atoms with Crippen LogP contribution in [-0.4, -0.2) is 0 Å². The Morgan fingerprint density at radius 3 is 0.870 bits per heavy atom. The lowest BCUT2D eigenvalue weighted by molar-refractivity contribution is 1.46. The molecule has 0 unspecified atom stereocenters. The quantitative estimate of drug-likeness (QED) is 0.189. The van der Waals surface area contributed by atoms with Gasteiger partial charge >= 0.3 is 0 Å². The number of thioether (sulfide) groups is 2. The molecular formula is C41H26O3S2. The molecule has 0 bridgehead atoms. The molecule has 0 N–H and O–H groups in total. The van der Waals surface area contributed by atoms with Crippen molar-refractivity contribution in [1.29, 1.82) is 0 Å². The molecule has 3 nitrogen and oxygen atoms in total. The lowest BCUT2D eigenvalue weighted by atomic mass is 10.0. The molecule has 2 aliphatic rings. The molecule has 2 aliphatic heterocycles. The van der Waals surface area contributed by atoms with Gasteiger partial charge in [-0.2, -0.15) is 0 Å². The fourth-order valence-corrected chi connectivity index (χ4v) is 7.65. The van der Waals surface area contributed by atoms with Crippen molar-refractivity contribution in [3.8, 4) is 0 Å². The third-order valence-corrected chi connectivity index (χ3v) is 9.96. The molecule has 220 valence electrons. The second-order valence-electron chi connectivity index (χ2n) is 10.8. The zero-order valence-corrected chi connectivity index (χ0v) is 26.2. The van der Waals surface area contributed by atoms with E-state index in [0.717, 1.165) is 41.9 Å². The molecule has 5 aromatic rings. The fraction of sp³-hybridized carbons (Fsp3) is 0. The Morgan fingerprint density at radius 2 is 0.609 bits per heavy atom. The molecule has 0 aromatic heterocycles. The number of allylic oxidation sites excluding steroid dienone is 4. The highest BCUT2D eigenvalue weighted by atomic mass is 32.2. The van der Waals surface area contributed by atoms with Crippen LogP contribution in [0.3, 0.4) is 0 Å². The first-order valence-electron chi connectivity index (χ1n) is 14.8. The van der Waals surface area contributed by atoms with E-state index >= 15 is 0 Å². The Bertz CT molecular complexity index is 2020. The Balaban J connectivity index is 1.34. The van der Waals surface area contributed by atoms with Gasteiger partial charge in [0, 0.05) is 31.5 Å². The van der Waals surface area contributed by atoms with E-state index in [-0.39, 0.29) is 10.4 Å². The fourth-order valence-electron chi connectivity index (χ4n) is 5.38. The van der Waals surface area contributed by atoms with Crippen LogP contribution in [0.4, 0.5) is 0 Å². The summed E-state index contributed by atoms with van der Waals surface area (Å²) in [5.74, 6) is 1.36. The van der Waals surface area contributed by atoms with Gasteiger partial charge in [0.1, 0.15) is 0 Å². The van der Waals surface area contributed by atoms with E-state index in [1.54, 1.807) is 35.7 Å². The van der Waals surface area contributed by atoms with E-state index in [2.05, 4.69) is 0 Å². The minimum atomic E-state index is -0.781. The normalized spacial score (nSPS) is 16.5. The summed E-state index contributed by atoms with van der Waals surface area (Å²) < 4.78 is 0. The van der Waals surface area contributed by atoms with Crippen molar-refractivity contribution in [2.24, 2.45) is 0 Å². The molecule has 0 aliphatic carbocycles. The maximum atomic E-state index is 13.8. The van der Waals surface area contributed by atoms with Gasteiger partial charge in [0.2, 0.25) is 16.3 Å². The first-order chi connectivity index (χ1) is 22.5. The van der Waals surface area contributed by atoms with E-state index in [4.69, 9.17) is 0 Å². The highest BCUT2D eigenvalue weighted by Crippen LogP contribution is 2.46. The summed E-state index contributed by atoms with van der Waals surface area (Å²) in [6.07, 6.45) is 11.0. The van der Waals surface area contributed by atoms with Crippen LogP contribution in [0.2, 0.25) is 0 Å². The molecule has 2 radical (unpaired) electrons. The van der Waals surface area contributed by atoms with Gasteiger partial charge in [-0.1, -0.05) is 181 Å². The van der Waals surface area contributed by atoms with Gasteiger partial charge in [0.15, 0.2) is 0 Å². The summed E-state index contributed by atoms with van der Waals surface area (Å²) in [5.41, 5.74) is 1.99. The van der Waals surface area contributed by atoms with Gasteiger partial charge in [-0.15, -0.1) is 0 Å². The van der Waals surface area contributed by atoms with Crippen molar-refractivity contribution in [3.05, 3.63) is 221 Å². The summed E-state index contributed by atoms with van der Waals surface area (Å²) in [6.45, 7) is 0. The van der Waals surface area contributed by atoms with E-state index < -0.39 is 16.3 Å². The van der Waals surface area contributed by atoms with Gasteiger partial charge in [0.25, 0.3) is 0 Å². The van der Waals surface area contributed by atoms with Crippen molar-refractivity contribution in [3.63, 3.8) is 0 Å². The first kappa shape index (κ1) is 29.7. The van der Waals surface area contributed by atoms with Crippen molar-refractivity contribution < 1.29 is 0 Å². The number of hydrogen-bond donors (Lipinski definition) is 0. The highest BCUT2D eigenvalue weighted by molar-refractivity contribution is 8.17. The van der Waals surface area contributed by atoms with E-state index in [1.807, 2.05) is 146 Å². The van der Waals surface area contributed by atoms with Crippen LogP contribution < -0.4 is 26.7 Å². The van der Waals surface area contributed by atoms with Crippen LogP contribution in [0.25, 0.3) is 31.8 Å². The highest BCUT2D eigenvalue weighted by Gasteiger charge is 2.21. The number of hydrogen-bond acceptors (Lipinski definition) is 5. The smallest absolute Gasteiger partial charge is 0.237 e. The lowest BCUT2D eigenvalue weighted by Crippen LogP contribution is -2.37. The molecule has 46 heavy (non-hydrogen) atoms. The van der Waals surface area contributed by atoms with Crippen LogP contribution >= 0.6 is 23.5 Å². The minimum absolute atomic E-state index is 0.115. The van der Waals surface area contributed by atoms with Crippen LogP contribution in [0.15, 0.2) is 160 Å². The maximum absolute atomic E-state index is 13.8. The summed E-state index contributed by atoms with van der Waals surface area (Å²) >= 11 is 3.26. The van der Waals surface area contributed by atoms with Crippen LogP contribution in [0.5, 0.6) is 0 Å². The molecule has 0 spiro atoms. The summed E-state index contributed by atoms with van der Waals surface area (Å²) in [4.78, 5) is 44.4. The lowest BCUT2D eigenvalue weighted by Gasteiger charge is -2.19. The van der Waals surface area contributed by atoms with Gasteiger partial charge in [-0.3, -0.25) is 14.4 Å². The minimum Gasteiger partial charge on any atom is -0.288 e. The van der Waals surface area contributed by atoms with Crippen LogP contribution in [0, 0.1) is 11.8 Å². The molecule has 2 heterocycles. The maximum Gasteiger partial charge on any atom is 0.237 e. The Hall–Kier alpha value is -4.97. The average molecular weight is 631 g/mol. The molecule has 0 saturated carbocycles. The summed E-state index contributed by atoms with van der Waals surface area (Å²) in [7, 11) is 0. The summed E-state index contributed by atoms with van der Waals surface area (Å²) in [6, 6.07) is 39.9. The van der Waals surface area contributed by atoms with E-state index in [9.17, 15) is 14.4 Å². The molecular weight excluding hydrogens is 605 g/mol. The molecule has 5 heteroatoms. The third-order valence-electron chi connectivity index (χ3n) is 7.67. The van der Waals surface area contributed by atoms with Crippen molar-refractivity contribution in [1.82, 2.24) is 0 Å². The number of benzene rings is 4. The average Bonchev–Trinajstić information content (AvgIpc) is 3.31. The first-order valence-corrected chi connectivity index (χ1v) is 16.4. The molecule has 0 fully saturated rings. The number of rotatable bonds is 6. The predicted octanol–water partition coefficient (Wildman–Crippen LogP) is 7.01. The standard InChI is InChI=1S/C41H26O3S2/c42-39-33(21-27-23-35(29-13-5-1-6-14-29)45-36(24-27)30-15-7-2-8-16-30)40(43)41(44)34(39)22-28-25-37(31-17-9-3-10-18-31)46-38(26-28)32-19-11-4-12-20-32/h1-26H/b33-21-,34-22-. The molecule has 0 amide bonds. The van der Waals surface area contributed by atoms with Crippen LogP contribution in [-0.2, 0) is 0 Å². The molecule has 0 atom stereocenters. The second kappa shape index (κ2) is 13.2. The summed E-state index contributed by atoms with van der Waals surface area (Å²) in [5, 5.41) is -0.230. The van der Waals surface area contributed by atoms with Crippen molar-refractivity contribution in [2.75, 3.05) is 0 Å².